The van der Waals surface area contributed by atoms with Crippen molar-refractivity contribution in [3.8, 4) is 0 Å². The molecule has 206 valence electrons. The van der Waals surface area contributed by atoms with Crippen LogP contribution < -0.4 is 0 Å². The fraction of sp³-hybridized carbons (Fsp3) is 0.529. The van der Waals surface area contributed by atoms with Gasteiger partial charge < -0.3 is 10.4 Å². The number of aryl methyl sites for hydroxylation is 2. The lowest BCUT2D eigenvalue weighted by Crippen LogP contribution is -2.32. The van der Waals surface area contributed by atoms with E-state index in [9.17, 15) is 0 Å². The molecule has 0 atom stereocenters. The summed E-state index contributed by atoms with van der Waals surface area (Å²) >= 11 is 0. The molecule has 4 nitrogen and oxygen atoms in total. The van der Waals surface area contributed by atoms with Crippen LogP contribution in [0.1, 0.15) is 108 Å². The van der Waals surface area contributed by atoms with Crippen molar-refractivity contribution in [1.29, 1.82) is 5.41 Å². The van der Waals surface area contributed by atoms with E-state index < -0.39 is 0 Å². The van der Waals surface area contributed by atoms with Crippen LogP contribution in [0.2, 0.25) is 0 Å². The first-order valence-corrected chi connectivity index (χ1v) is 14.7. The Morgan fingerprint density at radius 1 is 1.18 bits per heavy atom. The number of aromatic amines is 1. The van der Waals surface area contributed by atoms with Gasteiger partial charge in [-0.15, -0.1) is 0 Å². The average Bonchev–Trinajstić information content (AvgIpc) is 3.31. The zero-order chi connectivity index (χ0) is 27.8. The standard InChI is InChI=1S/C34H50N4/c1-9-12-31(27(10-2)19-25(7)33(35)11-3)34(23(4)5)32-20-29(14-13-24(32)6)28-15-17-38(18-16-28)22-30-21-36-26(8)37-30/h10,13-14,19-21,23,28,35H,9,11-12,15-18,22H2,1-8H3,(H,36,37)/b25-19-,27-10+,34-31+,35-33?. The molecule has 0 amide bonds. The van der Waals surface area contributed by atoms with Gasteiger partial charge in [0.1, 0.15) is 5.82 Å². The third kappa shape index (κ3) is 7.44. The van der Waals surface area contributed by atoms with E-state index in [4.69, 9.17) is 5.41 Å². The van der Waals surface area contributed by atoms with Crippen molar-refractivity contribution < 1.29 is 0 Å². The van der Waals surface area contributed by atoms with Gasteiger partial charge in [0.05, 0.1) is 0 Å². The Hall–Kier alpha value is -2.72. The second kappa shape index (κ2) is 13.9. The molecular weight excluding hydrogens is 464 g/mol. The van der Waals surface area contributed by atoms with Crippen LogP contribution in [0.15, 0.2) is 53.3 Å². The van der Waals surface area contributed by atoms with Gasteiger partial charge in [-0.1, -0.05) is 64.5 Å². The first-order chi connectivity index (χ1) is 18.2. The highest BCUT2D eigenvalue weighted by atomic mass is 15.1. The highest BCUT2D eigenvalue weighted by Crippen LogP contribution is 2.38. The SMILES string of the molecule is C/C=C(\C=C(\C)C(=N)CC)C(/CCC)=C(/c1cc(C2CCN(Cc3cnc(C)[nH]3)CC2)ccc1C)C(C)C. The second-order valence-electron chi connectivity index (χ2n) is 11.3. The number of piperidine rings is 1. The summed E-state index contributed by atoms with van der Waals surface area (Å²) in [5, 5.41) is 8.34. The van der Waals surface area contributed by atoms with Gasteiger partial charge in [0.2, 0.25) is 0 Å². The molecule has 0 unspecified atom stereocenters. The van der Waals surface area contributed by atoms with Crippen LogP contribution in [-0.2, 0) is 6.54 Å². The lowest BCUT2D eigenvalue weighted by atomic mass is 9.80. The summed E-state index contributed by atoms with van der Waals surface area (Å²) in [7, 11) is 0. The van der Waals surface area contributed by atoms with Gasteiger partial charge in [0.15, 0.2) is 0 Å². The molecule has 1 aliphatic rings. The zero-order valence-electron chi connectivity index (χ0n) is 25.2. The molecule has 0 bridgehead atoms. The quantitative estimate of drug-likeness (QED) is 0.232. The van der Waals surface area contributed by atoms with Crippen LogP contribution in [0.5, 0.6) is 0 Å². The van der Waals surface area contributed by atoms with E-state index in [2.05, 4.69) is 93.7 Å². The fourth-order valence-electron chi connectivity index (χ4n) is 5.85. The van der Waals surface area contributed by atoms with Gasteiger partial charge in [-0.3, -0.25) is 4.90 Å². The molecule has 1 aromatic heterocycles. The van der Waals surface area contributed by atoms with Gasteiger partial charge >= 0.3 is 0 Å². The lowest BCUT2D eigenvalue weighted by molar-refractivity contribution is 0.203. The number of H-pyrrole nitrogens is 1. The zero-order valence-corrected chi connectivity index (χ0v) is 25.2. The molecule has 1 saturated heterocycles. The van der Waals surface area contributed by atoms with Crippen LogP contribution in [0, 0.1) is 25.2 Å². The predicted molar refractivity (Wildman–Crippen MR) is 164 cm³/mol. The maximum atomic E-state index is 8.34. The van der Waals surface area contributed by atoms with Gasteiger partial charge in [0.25, 0.3) is 0 Å². The Bertz CT molecular complexity index is 1180. The molecule has 0 radical (unpaired) electrons. The first-order valence-electron chi connectivity index (χ1n) is 14.7. The maximum Gasteiger partial charge on any atom is 0.103 e. The number of nitrogens with one attached hydrogen (secondary N) is 2. The Morgan fingerprint density at radius 2 is 1.89 bits per heavy atom. The molecule has 1 aromatic carbocycles. The van der Waals surface area contributed by atoms with E-state index in [-0.39, 0.29) is 0 Å². The van der Waals surface area contributed by atoms with E-state index in [1.165, 1.54) is 51.9 Å². The second-order valence-corrected chi connectivity index (χ2v) is 11.3. The minimum atomic E-state index is 0.416. The fourth-order valence-corrected chi connectivity index (χ4v) is 5.85. The van der Waals surface area contributed by atoms with Gasteiger partial charge in [-0.25, -0.2) is 4.98 Å². The Morgan fingerprint density at radius 3 is 2.45 bits per heavy atom. The van der Waals surface area contributed by atoms with Gasteiger partial charge in [-0.05, 0) is 117 Å². The molecule has 1 fully saturated rings. The van der Waals surface area contributed by atoms with Crippen LogP contribution in [0.4, 0.5) is 0 Å². The lowest BCUT2D eigenvalue weighted by Gasteiger charge is -2.32. The molecule has 38 heavy (non-hydrogen) atoms. The van der Waals surface area contributed by atoms with Gasteiger partial charge in [-0.2, -0.15) is 0 Å². The van der Waals surface area contributed by atoms with E-state index >= 15 is 0 Å². The molecule has 2 aromatic rings. The van der Waals surface area contributed by atoms with Crippen molar-refractivity contribution >= 4 is 11.3 Å². The average molecular weight is 515 g/mol. The number of aromatic nitrogens is 2. The Labute approximate surface area is 231 Å². The number of hydrogen-bond donors (Lipinski definition) is 2. The third-order valence-electron chi connectivity index (χ3n) is 8.02. The van der Waals surface area contributed by atoms with E-state index in [1.54, 1.807) is 0 Å². The van der Waals surface area contributed by atoms with Crippen molar-refractivity contribution in [2.75, 3.05) is 13.1 Å². The van der Waals surface area contributed by atoms with Crippen LogP contribution in [0.3, 0.4) is 0 Å². The minimum Gasteiger partial charge on any atom is -0.345 e. The number of rotatable bonds is 11. The monoisotopic (exact) mass is 514 g/mol. The number of benzene rings is 1. The van der Waals surface area contributed by atoms with Crippen molar-refractivity contribution in [2.45, 2.75) is 100.0 Å². The van der Waals surface area contributed by atoms with E-state index in [0.29, 0.717) is 11.8 Å². The maximum absolute atomic E-state index is 8.34. The molecule has 1 aliphatic heterocycles. The molecular formula is C34H50N4. The number of allylic oxidation sites excluding steroid dienone is 6. The Kier molecular flexibility index (Phi) is 10.9. The number of nitrogens with zero attached hydrogens (tertiary/aromatic N) is 2. The highest BCUT2D eigenvalue weighted by molar-refractivity contribution is 5.97. The summed E-state index contributed by atoms with van der Waals surface area (Å²) < 4.78 is 0. The smallest absolute Gasteiger partial charge is 0.103 e. The number of hydrogen-bond acceptors (Lipinski definition) is 3. The van der Waals surface area contributed by atoms with Crippen LogP contribution >= 0.6 is 0 Å². The minimum absolute atomic E-state index is 0.416. The van der Waals surface area contributed by atoms with Gasteiger partial charge in [0, 0.05) is 24.1 Å². The topological polar surface area (TPSA) is 55.8 Å². The molecule has 3 rings (SSSR count). The summed E-state index contributed by atoms with van der Waals surface area (Å²) in [6.07, 6.45) is 11.8. The molecule has 2 N–H and O–H groups in total. The third-order valence-corrected chi connectivity index (χ3v) is 8.02. The van der Waals surface area contributed by atoms with Crippen LogP contribution in [-0.4, -0.2) is 33.7 Å². The molecule has 0 aliphatic carbocycles. The molecule has 2 heterocycles. The number of likely N-dealkylation sites (tertiary alicyclic amines) is 1. The Balaban J connectivity index is 1.93. The van der Waals surface area contributed by atoms with Crippen molar-refractivity contribution in [3.63, 3.8) is 0 Å². The summed E-state index contributed by atoms with van der Waals surface area (Å²) in [4.78, 5) is 10.3. The highest BCUT2D eigenvalue weighted by Gasteiger charge is 2.23. The summed E-state index contributed by atoms with van der Waals surface area (Å²) in [6.45, 7) is 20.7. The molecule has 0 saturated carbocycles. The van der Waals surface area contributed by atoms with Crippen molar-refractivity contribution in [1.82, 2.24) is 14.9 Å². The largest absolute Gasteiger partial charge is 0.345 e. The van der Waals surface area contributed by atoms with Crippen molar-refractivity contribution in [2.24, 2.45) is 5.92 Å². The summed E-state index contributed by atoms with van der Waals surface area (Å²) in [5.41, 5.74) is 11.4. The predicted octanol–water partition coefficient (Wildman–Crippen LogP) is 8.94. The first kappa shape index (κ1) is 29.8. The normalized spacial score (nSPS) is 16.8. The van der Waals surface area contributed by atoms with Crippen LogP contribution in [0.25, 0.3) is 5.57 Å². The van der Waals surface area contributed by atoms with E-state index in [0.717, 1.165) is 56.0 Å². The molecule has 0 spiro atoms. The van der Waals surface area contributed by atoms with E-state index in [1.807, 2.05) is 13.1 Å². The summed E-state index contributed by atoms with van der Waals surface area (Å²) in [5.74, 6) is 2.01. The molecule has 4 heteroatoms. The number of imidazole rings is 1. The summed E-state index contributed by atoms with van der Waals surface area (Å²) in [6, 6.07) is 7.23. The van der Waals surface area contributed by atoms with Crippen molar-refractivity contribution in [3.05, 3.63) is 81.5 Å².